The monoisotopic (exact) mass is 299 g/mol. The fourth-order valence-electron chi connectivity index (χ4n) is 3.14. The van der Waals surface area contributed by atoms with Crippen molar-refractivity contribution in [1.29, 1.82) is 0 Å². The molecule has 0 bridgehead atoms. The number of carboxylic acids is 1. The number of aliphatic carboxylic acids is 1. The Labute approximate surface area is 124 Å². The van der Waals surface area contributed by atoms with E-state index in [2.05, 4.69) is 10.2 Å². The number of nitrogens with zero attached hydrogens (tertiary/aromatic N) is 2. The lowest BCUT2D eigenvalue weighted by Gasteiger charge is -2.40. The van der Waals surface area contributed by atoms with Crippen molar-refractivity contribution >= 4 is 12.0 Å². The highest BCUT2D eigenvalue weighted by Gasteiger charge is 2.29. The third-order valence-corrected chi connectivity index (χ3v) is 4.44. The number of piperidine rings is 2. The van der Waals surface area contributed by atoms with E-state index in [1.807, 2.05) is 0 Å². The molecule has 0 aliphatic carbocycles. The van der Waals surface area contributed by atoms with Gasteiger partial charge in [0.15, 0.2) is 6.04 Å². The van der Waals surface area contributed by atoms with Crippen molar-refractivity contribution in [2.24, 2.45) is 0 Å². The summed E-state index contributed by atoms with van der Waals surface area (Å²) in [5, 5.41) is 20.1. The molecule has 120 valence electrons. The van der Waals surface area contributed by atoms with Crippen LogP contribution >= 0.6 is 0 Å². The number of hydrogen-bond acceptors (Lipinski definition) is 4. The Morgan fingerprint density at radius 2 is 1.71 bits per heavy atom. The van der Waals surface area contributed by atoms with Gasteiger partial charge in [-0.15, -0.1) is 0 Å². The summed E-state index contributed by atoms with van der Waals surface area (Å²) in [5.41, 5.74) is 0. The average molecular weight is 299 g/mol. The van der Waals surface area contributed by atoms with Crippen LogP contribution in [0.2, 0.25) is 0 Å². The molecule has 0 spiro atoms. The predicted octanol–water partition coefficient (Wildman–Crippen LogP) is 0.0918. The number of likely N-dealkylation sites (tertiary alicyclic amines) is 2. The second-order valence-corrected chi connectivity index (χ2v) is 5.84. The summed E-state index contributed by atoms with van der Waals surface area (Å²) in [6.45, 7) is 3.01. The smallest absolute Gasteiger partial charge is 0.328 e. The van der Waals surface area contributed by atoms with Crippen molar-refractivity contribution in [2.45, 2.75) is 44.2 Å². The van der Waals surface area contributed by atoms with E-state index in [4.69, 9.17) is 10.2 Å². The third-order valence-electron chi connectivity index (χ3n) is 4.44. The standard InChI is InChI=1S/C14H25N3O4/c18-10-12(13(19)20)15-14(21)17-8-4-11(5-9-17)16-6-2-1-3-7-16/h11-12,18H,1-10H2,(H,15,21)(H,19,20)/t12-/m1/s1. The van der Waals surface area contributed by atoms with Gasteiger partial charge in [-0.1, -0.05) is 6.42 Å². The third kappa shape index (κ3) is 4.31. The van der Waals surface area contributed by atoms with Crippen LogP contribution in [0.4, 0.5) is 4.79 Å². The van der Waals surface area contributed by atoms with Crippen LogP contribution in [0, 0.1) is 0 Å². The molecular weight excluding hydrogens is 274 g/mol. The largest absolute Gasteiger partial charge is 0.480 e. The Morgan fingerprint density at radius 1 is 1.10 bits per heavy atom. The van der Waals surface area contributed by atoms with E-state index >= 15 is 0 Å². The van der Waals surface area contributed by atoms with Gasteiger partial charge in [0.2, 0.25) is 0 Å². The zero-order valence-corrected chi connectivity index (χ0v) is 12.3. The van der Waals surface area contributed by atoms with E-state index in [-0.39, 0.29) is 0 Å². The van der Waals surface area contributed by atoms with Gasteiger partial charge in [-0.2, -0.15) is 0 Å². The number of amides is 2. The van der Waals surface area contributed by atoms with E-state index in [1.165, 1.54) is 19.3 Å². The van der Waals surface area contributed by atoms with Gasteiger partial charge in [-0.05, 0) is 38.8 Å². The maximum absolute atomic E-state index is 12.0. The lowest BCUT2D eigenvalue weighted by molar-refractivity contribution is -0.140. The molecule has 2 rings (SSSR count). The maximum Gasteiger partial charge on any atom is 0.328 e. The molecule has 0 radical (unpaired) electrons. The molecule has 2 saturated heterocycles. The van der Waals surface area contributed by atoms with Gasteiger partial charge in [0, 0.05) is 19.1 Å². The zero-order chi connectivity index (χ0) is 15.2. The van der Waals surface area contributed by atoms with Gasteiger partial charge in [0.05, 0.1) is 6.61 Å². The summed E-state index contributed by atoms with van der Waals surface area (Å²) in [7, 11) is 0. The van der Waals surface area contributed by atoms with E-state index in [0.717, 1.165) is 25.9 Å². The minimum Gasteiger partial charge on any atom is -0.480 e. The summed E-state index contributed by atoms with van der Waals surface area (Å²) in [6.07, 6.45) is 5.71. The molecule has 21 heavy (non-hydrogen) atoms. The fraction of sp³-hybridized carbons (Fsp3) is 0.857. The van der Waals surface area contributed by atoms with Crippen LogP contribution in [0.3, 0.4) is 0 Å². The first-order valence-corrected chi connectivity index (χ1v) is 7.75. The SMILES string of the molecule is O=C(O)[C@@H](CO)NC(=O)N1CCC(N2CCCCC2)CC1. The summed E-state index contributed by atoms with van der Waals surface area (Å²) >= 11 is 0. The number of carbonyl (C=O) groups excluding carboxylic acids is 1. The van der Waals surface area contributed by atoms with Crippen molar-refractivity contribution in [3.63, 3.8) is 0 Å². The quantitative estimate of drug-likeness (QED) is 0.684. The van der Waals surface area contributed by atoms with Gasteiger partial charge in [-0.25, -0.2) is 9.59 Å². The van der Waals surface area contributed by atoms with Crippen LogP contribution in [0.15, 0.2) is 0 Å². The summed E-state index contributed by atoms with van der Waals surface area (Å²) in [5.74, 6) is -1.21. The summed E-state index contributed by atoms with van der Waals surface area (Å²) < 4.78 is 0. The molecule has 2 fully saturated rings. The average Bonchev–Trinajstić information content (AvgIpc) is 2.53. The second-order valence-electron chi connectivity index (χ2n) is 5.84. The number of nitrogens with one attached hydrogen (secondary N) is 1. The van der Waals surface area contributed by atoms with Crippen LogP contribution in [0.25, 0.3) is 0 Å². The number of hydrogen-bond donors (Lipinski definition) is 3. The molecule has 0 aromatic heterocycles. The maximum atomic E-state index is 12.0. The highest BCUT2D eigenvalue weighted by Crippen LogP contribution is 2.20. The molecule has 2 heterocycles. The Hall–Kier alpha value is -1.34. The first kappa shape index (κ1) is 16.0. The summed E-state index contributed by atoms with van der Waals surface area (Å²) in [6, 6.07) is -1.08. The van der Waals surface area contributed by atoms with Crippen molar-refractivity contribution < 1.29 is 19.8 Å². The molecule has 0 unspecified atom stereocenters. The van der Waals surface area contributed by atoms with Gasteiger partial charge in [0.1, 0.15) is 0 Å². The van der Waals surface area contributed by atoms with Crippen molar-refractivity contribution in [3.8, 4) is 0 Å². The van der Waals surface area contributed by atoms with Crippen molar-refractivity contribution in [1.82, 2.24) is 15.1 Å². The first-order valence-electron chi connectivity index (χ1n) is 7.75. The first-order chi connectivity index (χ1) is 10.1. The molecular formula is C14H25N3O4. The van der Waals surface area contributed by atoms with E-state index in [1.54, 1.807) is 4.90 Å². The molecule has 1 atom stereocenters. The van der Waals surface area contributed by atoms with Crippen molar-refractivity contribution in [3.05, 3.63) is 0 Å². The number of aliphatic hydroxyl groups excluding tert-OH is 1. The van der Waals surface area contributed by atoms with Crippen LogP contribution in [-0.2, 0) is 4.79 Å². The van der Waals surface area contributed by atoms with Crippen LogP contribution in [0.5, 0.6) is 0 Å². The Bertz CT molecular complexity index is 363. The van der Waals surface area contributed by atoms with E-state index < -0.39 is 24.6 Å². The number of urea groups is 1. The highest BCUT2D eigenvalue weighted by molar-refractivity contribution is 5.82. The van der Waals surface area contributed by atoms with Gasteiger partial charge in [0.25, 0.3) is 0 Å². The number of carbonyl (C=O) groups is 2. The van der Waals surface area contributed by atoms with E-state index in [9.17, 15) is 9.59 Å². The number of aliphatic hydroxyl groups is 1. The number of rotatable bonds is 4. The normalized spacial score (nSPS) is 22.8. The molecule has 3 N–H and O–H groups in total. The lowest BCUT2D eigenvalue weighted by Crippen LogP contribution is -2.54. The molecule has 2 aliphatic rings. The Kier molecular flexibility index (Phi) is 5.81. The molecule has 2 aliphatic heterocycles. The highest BCUT2D eigenvalue weighted by atomic mass is 16.4. The molecule has 2 amide bonds. The van der Waals surface area contributed by atoms with E-state index in [0.29, 0.717) is 19.1 Å². The zero-order valence-electron chi connectivity index (χ0n) is 12.3. The molecule has 0 aromatic rings. The number of carboxylic acid groups (broad SMARTS) is 1. The second kappa shape index (κ2) is 7.61. The van der Waals surface area contributed by atoms with Crippen LogP contribution in [-0.4, -0.2) is 76.9 Å². The minimum absolute atomic E-state index is 0.395. The van der Waals surface area contributed by atoms with Gasteiger partial charge < -0.3 is 25.3 Å². The molecule has 7 heteroatoms. The lowest BCUT2D eigenvalue weighted by atomic mass is 10.00. The van der Waals surface area contributed by atoms with Gasteiger partial charge in [-0.3, -0.25) is 0 Å². The van der Waals surface area contributed by atoms with Crippen LogP contribution < -0.4 is 5.32 Å². The Morgan fingerprint density at radius 3 is 2.24 bits per heavy atom. The van der Waals surface area contributed by atoms with Gasteiger partial charge >= 0.3 is 12.0 Å². The summed E-state index contributed by atoms with van der Waals surface area (Å²) in [4.78, 5) is 27.0. The Balaban J connectivity index is 1.77. The molecule has 0 aromatic carbocycles. The van der Waals surface area contributed by atoms with Crippen molar-refractivity contribution in [2.75, 3.05) is 32.8 Å². The molecule has 0 saturated carbocycles. The fourth-order valence-corrected chi connectivity index (χ4v) is 3.14. The topological polar surface area (TPSA) is 93.1 Å². The molecule has 7 nitrogen and oxygen atoms in total. The predicted molar refractivity (Wildman–Crippen MR) is 77.1 cm³/mol. The van der Waals surface area contributed by atoms with Crippen LogP contribution in [0.1, 0.15) is 32.1 Å². The minimum atomic E-state index is -1.22.